The van der Waals surface area contributed by atoms with Crippen LogP contribution in [0, 0.1) is 0 Å². The molecule has 4 N–H and O–H groups in total. The number of benzene rings is 2. The van der Waals surface area contributed by atoms with Gasteiger partial charge in [-0.3, -0.25) is 13.9 Å². The van der Waals surface area contributed by atoms with Gasteiger partial charge < -0.3 is 19.2 Å². The van der Waals surface area contributed by atoms with Crippen LogP contribution in [-0.2, 0) is 50.6 Å². The van der Waals surface area contributed by atoms with Gasteiger partial charge in [0.1, 0.15) is 24.6 Å². The molecule has 1 aliphatic carbocycles. The van der Waals surface area contributed by atoms with E-state index in [1.54, 1.807) is 6.07 Å². The number of carbonyl (C=O) groups is 1. The van der Waals surface area contributed by atoms with E-state index in [4.69, 9.17) is 9.15 Å². The lowest BCUT2D eigenvalue weighted by atomic mass is 9.77. The number of unbranched alkanes of at least 4 members (excludes halogenated alkanes) is 2. The Hall–Kier alpha value is -3.91. The third-order valence-electron chi connectivity index (χ3n) is 10.7. The summed E-state index contributed by atoms with van der Waals surface area (Å²) in [5, 5.41) is 10.0. The molecule has 1 unspecified atom stereocenters. The first kappa shape index (κ1) is 48.8. The Morgan fingerprint density at radius 3 is 2.33 bits per heavy atom. The number of hydrogen-bond donors (Lipinski definition) is 4. The third-order valence-corrected chi connectivity index (χ3v) is 13.8. The van der Waals surface area contributed by atoms with E-state index in [0.29, 0.717) is 68.1 Å². The van der Waals surface area contributed by atoms with Crippen LogP contribution in [0.5, 0.6) is 0 Å². The number of ether oxygens (including phenoxy) is 1. The Kier molecular flexibility index (Phi) is 16.5. The number of fused-ring (bicyclic) bond motifs is 2. The van der Waals surface area contributed by atoms with Gasteiger partial charge in [-0.25, -0.2) is 17.7 Å². The van der Waals surface area contributed by atoms with Gasteiger partial charge in [0.15, 0.2) is 0 Å². The Morgan fingerprint density at radius 2 is 1.70 bits per heavy atom. The molecule has 0 spiro atoms. The summed E-state index contributed by atoms with van der Waals surface area (Å²) in [5.41, 5.74) is 2.77. The molecule has 4 rings (SSSR count). The van der Waals surface area contributed by atoms with Gasteiger partial charge in [0.05, 0.1) is 29.1 Å². The fourth-order valence-corrected chi connectivity index (χ4v) is 9.71. The molecule has 0 aromatic heterocycles. The first-order valence-electron chi connectivity index (χ1n) is 20.1. The Labute approximate surface area is 354 Å². The van der Waals surface area contributed by atoms with E-state index >= 15 is 0 Å². The predicted octanol–water partition coefficient (Wildman–Crippen LogP) is 5.66. The lowest BCUT2D eigenvalue weighted by molar-refractivity contribution is -0.137. The molecular weight excluding hydrogens is 835 g/mol. The van der Waals surface area contributed by atoms with Gasteiger partial charge >= 0.3 is 5.97 Å². The average molecular weight is 895 g/mol. The van der Waals surface area contributed by atoms with E-state index in [0.717, 1.165) is 22.2 Å². The highest BCUT2D eigenvalue weighted by Crippen LogP contribution is 2.51. The molecule has 3 aliphatic rings. The monoisotopic (exact) mass is 894 g/mol. The number of methoxy groups -OCH3 is 1. The first-order chi connectivity index (χ1) is 28.0. The lowest BCUT2D eigenvalue weighted by Gasteiger charge is -2.30. The molecule has 1 aromatic rings. The molecule has 1 aromatic carbocycles. The predicted molar refractivity (Wildman–Crippen MR) is 233 cm³/mol. The average Bonchev–Trinajstić information content (AvgIpc) is 3.37. The number of nitrogens with zero attached hydrogens (tertiary/aromatic N) is 2. The van der Waals surface area contributed by atoms with Crippen molar-refractivity contribution in [3.8, 4) is 11.3 Å². The van der Waals surface area contributed by atoms with Crippen molar-refractivity contribution in [1.29, 1.82) is 0 Å². The van der Waals surface area contributed by atoms with E-state index in [9.17, 15) is 44.3 Å². The van der Waals surface area contributed by atoms with Crippen LogP contribution in [0.15, 0.2) is 69.6 Å². The Balaban J connectivity index is 1.84. The van der Waals surface area contributed by atoms with Gasteiger partial charge in [0.2, 0.25) is 15.4 Å². The molecule has 0 amide bonds. The molecule has 18 heteroatoms. The van der Waals surface area contributed by atoms with Gasteiger partial charge in [-0.05, 0) is 98.6 Å². The zero-order valence-electron chi connectivity index (χ0n) is 35.3. The minimum absolute atomic E-state index is 0.0299. The molecule has 2 aliphatic heterocycles. The van der Waals surface area contributed by atoms with Crippen molar-refractivity contribution in [1.82, 2.24) is 9.30 Å². The molecule has 0 saturated heterocycles. The second-order valence-corrected chi connectivity index (χ2v) is 21.2. The largest absolute Gasteiger partial charge is 0.481 e. The molecule has 0 radical (unpaired) electrons. The summed E-state index contributed by atoms with van der Waals surface area (Å²) in [4.78, 5) is 13.0. The number of anilines is 1. The van der Waals surface area contributed by atoms with Crippen LogP contribution in [0.1, 0.15) is 96.5 Å². The number of nitrogens with one attached hydrogen (secondary N) is 1. The van der Waals surface area contributed by atoms with Crippen LogP contribution < -0.4 is 19.6 Å². The highest BCUT2D eigenvalue weighted by atomic mass is 32.2. The molecule has 0 saturated carbocycles. The Bertz CT molecular complexity index is 2430. The molecule has 0 fully saturated rings. The standard InChI is InChI=1S/C42H59N3O12S3/c1-7-44(23-13-27-59(50,51)52)31-17-19-34-35(41(2,3)4)29-32(57-38(34)28-31)14-11-15-39-42(5,21-12-26-58(48,49)43-22-25-56-6)36-30-33(60(53,54)55)18-20-37(36)45(39)24-10-8-9-16-40(46)47/h11,14-15,17-20,28-30,43H,7-10,12-13,16,21-27H2,1-6H3,(H2-,46,47,50,51,52,53,54,55)/p+1. The van der Waals surface area contributed by atoms with Crippen LogP contribution in [0.25, 0.3) is 17.4 Å². The van der Waals surface area contributed by atoms with Gasteiger partial charge in [0, 0.05) is 61.5 Å². The van der Waals surface area contributed by atoms with Crippen LogP contribution in [0.3, 0.4) is 0 Å². The van der Waals surface area contributed by atoms with E-state index in [-0.39, 0.29) is 54.2 Å². The van der Waals surface area contributed by atoms with Gasteiger partial charge in [0.25, 0.3) is 20.2 Å². The van der Waals surface area contributed by atoms with Gasteiger partial charge in [-0.1, -0.05) is 33.3 Å². The molecule has 332 valence electrons. The molecule has 2 heterocycles. The fourth-order valence-electron chi connectivity index (χ4n) is 7.64. The van der Waals surface area contributed by atoms with Crippen LogP contribution in [0.4, 0.5) is 5.69 Å². The topological polar surface area (TPSA) is 221 Å². The van der Waals surface area contributed by atoms with E-state index in [2.05, 4.69) is 25.5 Å². The number of allylic oxidation sites excluding steroid dienone is 3. The van der Waals surface area contributed by atoms with Crippen molar-refractivity contribution in [2.45, 2.75) is 95.3 Å². The van der Waals surface area contributed by atoms with Gasteiger partial charge in [-0.15, -0.1) is 0 Å². The van der Waals surface area contributed by atoms with Crippen molar-refractivity contribution in [3.05, 3.63) is 82.6 Å². The second-order valence-electron chi connectivity index (χ2n) is 16.3. The molecule has 15 nitrogen and oxygen atoms in total. The smallest absolute Gasteiger partial charge is 0.303 e. The summed E-state index contributed by atoms with van der Waals surface area (Å²) in [7, 11) is -10.9. The van der Waals surface area contributed by atoms with Crippen molar-refractivity contribution in [3.63, 3.8) is 0 Å². The summed E-state index contributed by atoms with van der Waals surface area (Å²) in [6, 6.07) is 12.2. The maximum Gasteiger partial charge on any atom is 0.303 e. The number of rotatable bonds is 22. The van der Waals surface area contributed by atoms with Crippen LogP contribution in [0.2, 0.25) is 0 Å². The van der Waals surface area contributed by atoms with Crippen molar-refractivity contribution >= 4 is 48.0 Å². The zero-order valence-corrected chi connectivity index (χ0v) is 37.8. The lowest BCUT2D eigenvalue weighted by Crippen LogP contribution is -2.32. The van der Waals surface area contributed by atoms with E-state index in [1.165, 1.54) is 19.2 Å². The number of aliphatic carboxylic acids is 1. The highest BCUT2D eigenvalue weighted by molar-refractivity contribution is 7.89. The van der Waals surface area contributed by atoms with E-state index < -0.39 is 41.6 Å². The maximum absolute atomic E-state index is 12.9. The van der Waals surface area contributed by atoms with Crippen LogP contribution in [-0.4, -0.2) is 96.8 Å². The zero-order chi connectivity index (χ0) is 44.5. The van der Waals surface area contributed by atoms with E-state index in [1.807, 2.05) is 65.8 Å². The normalized spacial score (nSPS) is 17.5. The highest BCUT2D eigenvalue weighted by Gasteiger charge is 2.43. The SMILES string of the molecule is CC[N+](CCCS(=O)(=O)O)=c1ccc2c(C(C)(C)C)cc(/C=C/C=C3/N(CCCCCC(=O)O)c4ccc(S(=O)(=O)O)cc4C3(C)CCCS(=O)(=O)NCCOC)oc-2c1. The summed E-state index contributed by atoms with van der Waals surface area (Å²) < 4.78 is 109. The number of sulfonamides is 1. The minimum atomic E-state index is -4.58. The maximum atomic E-state index is 12.9. The summed E-state index contributed by atoms with van der Waals surface area (Å²) in [5.74, 6) is -0.275. The van der Waals surface area contributed by atoms with Gasteiger partial charge in [-0.2, -0.15) is 16.8 Å². The minimum Gasteiger partial charge on any atom is -0.481 e. The molecular formula is C42H60N3O12S3+. The summed E-state index contributed by atoms with van der Waals surface area (Å²) >= 11 is 0. The Morgan fingerprint density at radius 1 is 0.967 bits per heavy atom. The second kappa shape index (κ2) is 20.3. The quantitative estimate of drug-likeness (QED) is 0.0544. The van der Waals surface area contributed by atoms with Crippen LogP contribution >= 0.6 is 0 Å². The molecule has 1 atom stereocenters. The third kappa shape index (κ3) is 13.3. The number of carboxylic acid groups (broad SMARTS) is 1. The van der Waals surface area contributed by atoms with Crippen molar-refractivity contribution in [2.75, 3.05) is 56.3 Å². The first-order valence-corrected chi connectivity index (χ1v) is 24.8. The van der Waals surface area contributed by atoms with Crippen molar-refractivity contribution < 1.29 is 53.4 Å². The number of carboxylic acids is 1. The number of hydrogen-bond acceptors (Lipinski definition) is 10. The van der Waals surface area contributed by atoms with Crippen molar-refractivity contribution in [2.24, 2.45) is 0 Å². The summed E-state index contributed by atoms with van der Waals surface area (Å²) in [6.45, 7) is 12.0. The molecule has 0 bridgehead atoms. The fraction of sp³-hybridized carbons (Fsp3) is 0.524. The molecule has 60 heavy (non-hydrogen) atoms. The summed E-state index contributed by atoms with van der Waals surface area (Å²) in [6.07, 6.45) is 8.04.